The molecule has 0 radical (unpaired) electrons. The number of piperazine rings is 1. The molecule has 0 amide bonds. The van der Waals surface area contributed by atoms with Gasteiger partial charge in [0.15, 0.2) is 0 Å². The van der Waals surface area contributed by atoms with Crippen molar-refractivity contribution in [2.75, 3.05) is 36.8 Å². The zero-order chi connectivity index (χ0) is 19.9. The summed E-state index contributed by atoms with van der Waals surface area (Å²) in [5.41, 5.74) is 10.4. The van der Waals surface area contributed by atoms with Crippen LogP contribution >= 0.6 is 0 Å². The Morgan fingerprint density at radius 3 is 2.54 bits per heavy atom. The van der Waals surface area contributed by atoms with E-state index in [1.165, 1.54) is 5.69 Å². The molecule has 3 N–H and O–H groups in total. The number of rotatable bonds is 4. The van der Waals surface area contributed by atoms with Gasteiger partial charge in [-0.2, -0.15) is 0 Å². The van der Waals surface area contributed by atoms with Crippen molar-refractivity contribution in [3.63, 3.8) is 0 Å². The first kappa shape index (κ1) is 19.0. The zero-order valence-electron chi connectivity index (χ0n) is 17.5. The third kappa shape index (κ3) is 3.41. The van der Waals surface area contributed by atoms with Crippen LogP contribution in [0.15, 0.2) is 18.2 Å². The summed E-state index contributed by atoms with van der Waals surface area (Å²) in [7, 11) is 0. The summed E-state index contributed by atoms with van der Waals surface area (Å²) in [6.07, 6.45) is 3.21. The molecule has 1 saturated heterocycles. The number of hydrogen-bond donors (Lipinski definition) is 2. The lowest BCUT2D eigenvalue weighted by Crippen LogP contribution is -2.53. The van der Waals surface area contributed by atoms with E-state index in [0.717, 1.165) is 73.2 Å². The summed E-state index contributed by atoms with van der Waals surface area (Å²) in [5.74, 6) is 1.54. The molecule has 4 rings (SSSR count). The molecule has 1 aliphatic heterocycles. The molecule has 3 heterocycles. The minimum absolute atomic E-state index is 0.213. The molecule has 0 atom stereocenters. The second-order valence-electron chi connectivity index (χ2n) is 8.82. The number of anilines is 2. The van der Waals surface area contributed by atoms with Crippen LogP contribution in [-0.2, 0) is 6.42 Å². The fraction of sp³-hybridized carbons (Fsp3) is 0.545. The number of hydrogen-bond acceptors (Lipinski definition) is 5. The number of aromatic amines is 1. The van der Waals surface area contributed by atoms with E-state index in [-0.39, 0.29) is 5.54 Å². The lowest BCUT2D eigenvalue weighted by atomic mass is 10.0. The maximum atomic E-state index is 6.26. The van der Waals surface area contributed by atoms with E-state index in [0.29, 0.717) is 5.82 Å². The first-order valence-electron chi connectivity index (χ1n) is 10.4. The Morgan fingerprint density at radius 2 is 1.86 bits per heavy atom. The lowest BCUT2D eigenvalue weighted by molar-refractivity contribution is 0.128. The number of fused-ring (bicyclic) bond motifs is 3. The highest BCUT2D eigenvalue weighted by Crippen LogP contribution is 2.34. The van der Waals surface area contributed by atoms with E-state index >= 15 is 0 Å². The second kappa shape index (κ2) is 7.24. The first-order valence-corrected chi connectivity index (χ1v) is 10.4. The summed E-state index contributed by atoms with van der Waals surface area (Å²) >= 11 is 0. The molecule has 0 unspecified atom stereocenters. The number of nitrogen functional groups attached to an aromatic ring is 1. The molecule has 2 aromatic heterocycles. The molecule has 28 heavy (non-hydrogen) atoms. The van der Waals surface area contributed by atoms with Crippen LogP contribution in [0.5, 0.6) is 0 Å². The molecular weight excluding hydrogens is 348 g/mol. The highest BCUT2D eigenvalue weighted by atomic mass is 15.3. The van der Waals surface area contributed by atoms with E-state index in [1.54, 1.807) is 0 Å². The molecule has 1 aromatic carbocycles. The van der Waals surface area contributed by atoms with Crippen molar-refractivity contribution in [3.8, 4) is 0 Å². The standard InChI is InChI=1S/C22H32N6/c1-5-6-10-17-25-19-18-15(24-21(23)20(19)26-17)8-7-9-16(18)27-11-13-28(14-12-27)22(2,3)4/h7-9H,5-6,10-14H2,1-4H3,(H2,23,24)(H,25,26). The van der Waals surface area contributed by atoms with Gasteiger partial charge in [-0.25, -0.2) is 9.97 Å². The molecule has 0 spiro atoms. The number of pyridine rings is 1. The Hall–Kier alpha value is -2.34. The van der Waals surface area contributed by atoms with Gasteiger partial charge in [0.05, 0.1) is 10.9 Å². The van der Waals surface area contributed by atoms with Gasteiger partial charge >= 0.3 is 0 Å². The van der Waals surface area contributed by atoms with Gasteiger partial charge < -0.3 is 15.6 Å². The number of benzene rings is 1. The smallest absolute Gasteiger partial charge is 0.150 e. The normalized spacial score (nSPS) is 16.4. The number of imidazole rings is 1. The highest BCUT2D eigenvalue weighted by Gasteiger charge is 2.27. The van der Waals surface area contributed by atoms with Crippen molar-refractivity contribution in [1.82, 2.24) is 19.9 Å². The van der Waals surface area contributed by atoms with E-state index in [2.05, 4.69) is 59.6 Å². The SMILES string of the molecule is CCCCc1nc2c([nH]1)c(N)nc1cccc(N3CCN(C(C)(C)C)CC3)c12. The maximum Gasteiger partial charge on any atom is 0.150 e. The van der Waals surface area contributed by atoms with Crippen LogP contribution in [0.2, 0.25) is 0 Å². The summed E-state index contributed by atoms with van der Waals surface area (Å²) < 4.78 is 0. The number of nitrogens with zero attached hydrogens (tertiary/aromatic N) is 4. The van der Waals surface area contributed by atoms with Crippen LogP contribution in [0.1, 0.15) is 46.4 Å². The Bertz CT molecular complexity index is 976. The Labute approximate surface area is 167 Å². The predicted octanol–water partition coefficient (Wildman–Crippen LogP) is 3.96. The quantitative estimate of drug-likeness (QED) is 0.717. The molecule has 0 aliphatic carbocycles. The van der Waals surface area contributed by atoms with Gasteiger partial charge in [-0.15, -0.1) is 0 Å². The average molecular weight is 381 g/mol. The molecule has 6 nitrogen and oxygen atoms in total. The van der Waals surface area contributed by atoms with Gasteiger partial charge in [0, 0.05) is 43.8 Å². The van der Waals surface area contributed by atoms with Gasteiger partial charge in [-0.05, 0) is 39.3 Å². The van der Waals surface area contributed by atoms with E-state index in [1.807, 2.05) is 6.07 Å². The average Bonchev–Trinajstić information content (AvgIpc) is 3.10. The predicted molar refractivity (Wildman–Crippen MR) is 118 cm³/mol. The van der Waals surface area contributed by atoms with Crippen molar-refractivity contribution in [3.05, 3.63) is 24.0 Å². The van der Waals surface area contributed by atoms with Crippen molar-refractivity contribution in [1.29, 1.82) is 0 Å². The number of aromatic nitrogens is 3. The molecular formula is C22H32N6. The van der Waals surface area contributed by atoms with Crippen molar-refractivity contribution in [2.45, 2.75) is 52.5 Å². The van der Waals surface area contributed by atoms with Crippen LogP contribution in [0.3, 0.4) is 0 Å². The topological polar surface area (TPSA) is 74.1 Å². The van der Waals surface area contributed by atoms with Crippen LogP contribution in [0, 0.1) is 0 Å². The van der Waals surface area contributed by atoms with Crippen molar-refractivity contribution in [2.24, 2.45) is 0 Å². The van der Waals surface area contributed by atoms with Crippen LogP contribution in [0.4, 0.5) is 11.5 Å². The Balaban J connectivity index is 1.76. The number of unbranched alkanes of at least 4 members (excludes halogenated alkanes) is 1. The van der Waals surface area contributed by atoms with Gasteiger partial charge in [-0.1, -0.05) is 19.4 Å². The molecule has 3 aromatic rings. The van der Waals surface area contributed by atoms with Crippen molar-refractivity contribution >= 4 is 33.4 Å². The van der Waals surface area contributed by atoms with Gasteiger partial charge in [-0.3, -0.25) is 4.90 Å². The monoisotopic (exact) mass is 380 g/mol. The van der Waals surface area contributed by atoms with E-state index < -0.39 is 0 Å². The van der Waals surface area contributed by atoms with Gasteiger partial charge in [0.2, 0.25) is 0 Å². The molecule has 6 heteroatoms. The summed E-state index contributed by atoms with van der Waals surface area (Å²) in [6.45, 7) is 13.2. The first-order chi connectivity index (χ1) is 13.4. The van der Waals surface area contributed by atoms with Crippen LogP contribution < -0.4 is 10.6 Å². The minimum atomic E-state index is 0.213. The second-order valence-corrected chi connectivity index (χ2v) is 8.82. The Kier molecular flexibility index (Phi) is 4.91. The van der Waals surface area contributed by atoms with Crippen molar-refractivity contribution < 1.29 is 0 Å². The molecule has 1 aliphatic rings. The highest BCUT2D eigenvalue weighted by molar-refractivity contribution is 6.12. The largest absolute Gasteiger partial charge is 0.382 e. The molecule has 0 bridgehead atoms. The van der Waals surface area contributed by atoms with Gasteiger partial charge in [0.1, 0.15) is 22.7 Å². The lowest BCUT2D eigenvalue weighted by Gasteiger charge is -2.43. The zero-order valence-corrected chi connectivity index (χ0v) is 17.5. The number of H-pyrrole nitrogens is 1. The Morgan fingerprint density at radius 1 is 1.11 bits per heavy atom. The molecule has 1 fully saturated rings. The maximum absolute atomic E-state index is 6.26. The number of nitrogens with one attached hydrogen (secondary N) is 1. The number of aryl methyl sites for hydroxylation is 1. The van der Waals surface area contributed by atoms with E-state index in [9.17, 15) is 0 Å². The molecule has 0 saturated carbocycles. The van der Waals surface area contributed by atoms with Crippen LogP contribution in [0.25, 0.3) is 21.9 Å². The fourth-order valence-electron chi connectivity index (χ4n) is 4.18. The summed E-state index contributed by atoms with van der Waals surface area (Å²) in [6, 6.07) is 6.32. The fourth-order valence-corrected chi connectivity index (χ4v) is 4.18. The van der Waals surface area contributed by atoms with Gasteiger partial charge in [0.25, 0.3) is 0 Å². The third-order valence-corrected chi connectivity index (χ3v) is 5.84. The minimum Gasteiger partial charge on any atom is -0.382 e. The van der Waals surface area contributed by atoms with E-state index in [4.69, 9.17) is 10.7 Å². The summed E-state index contributed by atoms with van der Waals surface area (Å²) in [4.78, 5) is 18.1. The third-order valence-electron chi connectivity index (χ3n) is 5.84. The van der Waals surface area contributed by atoms with Crippen LogP contribution in [-0.4, -0.2) is 51.6 Å². The molecule has 150 valence electrons. The number of nitrogens with two attached hydrogens (primary N) is 1. The summed E-state index contributed by atoms with van der Waals surface area (Å²) in [5, 5.41) is 1.12.